The highest BCUT2D eigenvalue weighted by Crippen LogP contribution is 2.35. The molecule has 11 heteroatoms. The maximum Gasteiger partial charge on any atom is 0.350 e. The Labute approximate surface area is 224 Å². The third-order valence-corrected chi connectivity index (χ3v) is 7.10. The molecule has 1 unspecified atom stereocenters. The topological polar surface area (TPSA) is 80.7 Å². The van der Waals surface area contributed by atoms with Crippen molar-refractivity contribution in [1.82, 2.24) is 24.4 Å². The lowest BCUT2D eigenvalue weighted by atomic mass is 9.96. The molecule has 5 rings (SSSR count). The lowest BCUT2D eigenvalue weighted by Crippen LogP contribution is -2.60. The lowest BCUT2D eigenvalue weighted by molar-refractivity contribution is 0.0508. The highest BCUT2D eigenvalue weighted by atomic mass is 19.1. The minimum Gasteiger partial charge on any atom is -0.383 e. The molecule has 1 aliphatic rings. The average molecular weight is 532 g/mol. The van der Waals surface area contributed by atoms with Gasteiger partial charge in [-0.25, -0.2) is 13.6 Å². The lowest BCUT2D eigenvalue weighted by Gasteiger charge is -2.48. The molecule has 3 aromatic heterocycles. The number of rotatable bonds is 6. The van der Waals surface area contributed by atoms with Crippen molar-refractivity contribution >= 4 is 22.7 Å². The molecular weight excluding hydrogens is 504 g/mol. The Kier molecular flexibility index (Phi) is 7.32. The number of methoxy groups -OCH3 is 1. The second-order valence-electron chi connectivity index (χ2n) is 9.59. The van der Waals surface area contributed by atoms with Gasteiger partial charge in [-0.1, -0.05) is 18.7 Å². The Hall–Kier alpha value is -4.27. The molecule has 39 heavy (non-hydrogen) atoms. The fourth-order valence-electron chi connectivity index (χ4n) is 5.20. The van der Waals surface area contributed by atoms with Crippen molar-refractivity contribution in [1.29, 1.82) is 0 Å². The van der Waals surface area contributed by atoms with Gasteiger partial charge >= 0.3 is 5.69 Å². The zero-order chi connectivity index (χ0) is 27.7. The van der Waals surface area contributed by atoms with Crippen molar-refractivity contribution in [3.63, 3.8) is 0 Å². The number of hydrogen-bond acceptors (Lipinski definition) is 7. The van der Waals surface area contributed by atoms with E-state index in [0.29, 0.717) is 42.2 Å². The Morgan fingerprint density at radius 1 is 1.08 bits per heavy atom. The number of piperazine rings is 1. The Bertz CT molecular complexity index is 1540. The molecule has 0 spiro atoms. The quantitative estimate of drug-likeness (QED) is 0.350. The molecule has 4 aromatic rings. The van der Waals surface area contributed by atoms with Gasteiger partial charge in [0.1, 0.15) is 11.6 Å². The molecule has 0 amide bonds. The van der Waals surface area contributed by atoms with Gasteiger partial charge in [-0.2, -0.15) is 4.98 Å². The predicted octanol–water partition coefficient (Wildman–Crippen LogP) is 3.87. The summed E-state index contributed by atoms with van der Waals surface area (Å²) in [5.41, 5.74) is 2.04. The van der Waals surface area contributed by atoms with Gasteiger partial charge in [0.25, 0.3) is 5.82 Å². The highest BCUT2D eigenvalue weighted by molar-refractivity contribution is 5.87. The Balaban J connectivity index is 1.59. The number of halogens is 2. The maximum absolute atomic E-state index is 13.8. The van der Waals surface area contributed by atoms with Gasteiger partial charge in [0.15, 0.2) is 5.82 Å². The molecule has 4 heterocycles. The predicted molar refractivity (Wildman–Crippen MR) is 143 cm³/mol. The molecule has 0 bridgehead atoms. The van der Waals surface area contributed by atoms with Crippen LogP contribution in [-0.2, 0) is 11.8 Å². The summed E-state index contributed by atoms with van der Waals surface area (Å²) in [4.78, 5) is 33.7. The minimum atomic E-state index is -0.446. The first-order chi connectivity index (χ1) is 18.8. The highest BCUT2D eigenvalue weighted by Gasteiger charge is 2.39. The largest absolute Gasteiger partial charge is 0.383 e. The number of nitrogens with zero attached hydrogens (tertiary/aromatic N) is 7. The van der Waals surface area contributed by atoms with Gasteiger partial charge in [0.2, 0.25) is 5.52 Å². The summed E-state index contributed by atoms with van der Waals surface area (Å²) in [6.45, 7) is 10.7. The van der Waals surface area contributed by atoms with E-state index >= 15 is 0 Å². The van der Waals surface area contributed by atoms with Gasteiger partial charge in [0.05, 0.1) is 36.1 Å². The summed E-state index contributed by atoms with van der Waals surface area (Å²) in [5.74, 6) is -0.183. The molecule has 9 nitrogen and oxygen atoms in total. The summed E-state index contributed by atoms with van der Waals surface area (Å²) in [6.07, 6.45) is 1.17. The van der Waals surface area contributed by atoms with E-state index in [-0.39, 0.29) is 23.7 Å². The number of anilines is 1. The van der Waals surface area contributed by atoms with Crippen LogP contribution in [0.3, 0.4) is 0 Å². The van der Waals surface area contributed by atoms with Crippen molar-refractivity contribution in [2.45, 2.75) is 25.0 Å². The van der Waals surface area contributed by atoms with E-state index in [2.05, 4.69) is 24.7 Å². The molecule has 0 radical (unpaired) electrons. The van der Waals surface area contributed by atoms with Crippen molar-refractivity contribution in [3.05, 3.63) is 99.5 Å². The number of pyridine rings is 2. The number of benzene rings is 1. The summed E-state index contributed by atoms with van der Waals surface area (Å²) in [7, 11) is 3.23. The van der Waals surface area contributed by atoms with Crippen LogP contribution in [0.25, 0.3) is 15.9 Å². The first-order valence-corrected chi connectivity index (χ1v) is 12.4. The number of aromatic nitrogens is 4. The van der Waals surface area contributed by atoms with Crippen molar-refractivity contribution in [3.8, 4) is 0 Å². The molecule has 200 valence electrons. The van der Waals surface area contributed by atoms with Gasteiger partial charge in [-0.3, -0.25) is 14.5 Å². The van der Waals surface area contributed by atoms with Crippen molar-refractivity contribution < 1.29 is 13.5 Å². The molecule has 0 aliphatic carbocycles. The standard InChI is InChI=1S/C28H27F2N7O2/c1-17-14-37(26(18-5-7-19(29)8-6-18)22-10-9-20(30)13-32-22)21(16-39-4)15-36(17)27-25-23(35(3)28(38)34-27)11-12-24(31-2)33-25/h5-13,17,21,26H,14-16H2,1,3-4H3/t17-,21-,26?/m0/s1. The van der Waals surface area contributed by atoms with E-state index in [0.717, 1.165) is 5.56 Å². The van der Waals surface area contributed by atoms with Gasteiger partial charge in [-0.05, 0) is 48.9 Å². The zero-order valence-electron chi connectivity index (χ0n) is 21.8. The molecule has 1 aliphatic heterocycles. The molecule has 3 atom stereocenters. The van der Waals surface area contributed by atoms with E-state index in [4.69, 9.17) is 11.3 Å². The SMILES string of the molecule is [C-]#[N+]c1ccc2c(n1)c(N1C[C@@H](COC)N(C(c3ccc(F)cc3)c3ccc(F)cn3)C[C@@H]1C)nc(=O)n2C. The first kappa shape index (κ1) is 26.3. The monoisotopic (exact) mass is 531 g/mol. The molecule has 1 aromatic carbocycles. The summed E-state index contributed by atoms with van der Waals surface area (Å²) < 4.78 is 34.6. The maximum atomic E-state index is 13.8. The van der Waals surface area contributed by atoms with Crippen LogP contribution in [-0.4, -0.2) is 63.3 Å². The summed E-state index contributed by atoms with van der Waals surface area (Å²) in [5, 5.41) is 0. The Morgan fingerprint density at radius 2 is 1.82 bits per heavy atom. The fraction of sp³-hybridized carbons (Fsp3) is 0.321. The van der Waals surface area contributed by atoms with Crippen LogP contribution in [0, 0.1) is 18.2 Å². The van der Waals surface area contributed by atoms with E-state index < -0.39 is 17.5 Å². The van der Waals surface area contributed by atoms with Gasteiger partial charge in [-0.15, -0.1) is 4.98 Å². The number of hydrogen-bond donors (Lipinski definition) is 0. The molecular formula is C28H27F2N7O2. The summed E-state index contributed by atoms with van der Waals surface area (Å²) in [6, 6.07) is 11.7. The first-order valence-electron chi connectivity index (χ1n) is 12.4. The second-order valence-corrected chi connectivity index (χ2v) is 9.59. The van der Waals surface area contributed by atoms with E-state index in [9.17, 15) is 13.6 Å². The van der Waals surface area contributed by atoms with Crippen molar-refractivity contribution in [2.75, 3.05) is 31.7 Å². The van der Waals surface area contributed by atoms with Gasteiger partial charge < -0.3 is 14.5 Å². The van der Waals surface area contributed by atoms with Crippen LogP contribution < -0.4 is 10.6 Å². The third-order valence-electron chi connectivity index (χ3n) is 7.10. The normalized spacial score (nSPS) is 18.7. The molecule has 1 fully saturated rings. The Morgan fingerprint density at radius 3 is 2.49 bits per heavy atom. The number of ether oxygens (including phenoxy) is 1. The fourth-order valence-corrected chi connectivity index (χ4v) is 5.20. The molecule has 0 N–H and O–H groups in total. The van der Waals surface area contributed by atoms with Crippen LogP contribution in [0.4, 0.5) is 20.4 Å². The van der Waals surface area contributed by atoms with Crippen molar-refractivity contribution in [2.24, 2.45) is 7.05 Å². The van der Waals surface area contributed by atoms with E-state index in [1.165, 1.54) is 29.0 Å². The summed E-state index contributed by atoms with van der Waals surface area (Å²) >= 11 is 0. The minimum absolute atomic E-state index is 0.150. The van der Waals surface area contributed by atoms with Crippen LogP contribution in [0.1, 0.15) is 24.2 Å². The van der Waals surface area contributed by atoms with Crippen LogP contribution in [0.15, 0.2) is 59.5 Å². The molecule has 0 saturated carbocycles. The van der Waals surface area contributed by atoms with Gasteiger partial charge in [0, 0.05) is 33.3 Å². The van der Waals surface area contributed by atoms with E-state index in [1.54, 1.807) is 44.5 Å². The smallest absolute Gasteiger partial charge is 0.350 e. The van der Waals surface area contributed by atoms with Crippen LogP contribution in [0.5, 0.6) is 0 Å². The van der Waals surface area contributed by atoms with Crippen LogP contribution in [0.2, 0.25) is 0 Å². The third kappa shape index (κ3) is 5.08. The zero-order valence-corrected chi connectivity index (χ0v) is 21.8. The molecule has 1 saturated heterocycles. The number of fused-ring (bicyclic) bond motifs is 1. The average Bonchev–Trinajstić information content (AvgIpc) is 2.94. The number of aryl methyl sites for hydroxylation is 1. The van der Waals surface area contributed by atoms with Crippen LogP contribution >= 0.6 is 0 Å². The van der Waals surface area contributed by atoms with E-state index in [1.807, 2.05) is 11.8 Å². The second kappa shape index (κ2) is 10.8.